The molecule has 0 spiro atoms. The highest BCUT2D eigenvalue weighted by atomic mass is 79.9. The third kappa shape index (κ3) is 3.00. The van der Waals surface area contributed by atoms with Crippen LogP contribution < -0.4 is 4.74 Å². The van der Waals surface area contributed by atoms with Gasteiger partial charge in [0.1, 0.15) is 11.6 Å². The fraction of sp³-hybridized carbons (Fsp3) is 0.263. The van der Waals surface area contributed by atoms with Gasteiger partial charge in [0.25, 0.3) is 5.91 Å². The second kappa shape index (κ2) is 6.79. The van der Waals surface area contributed by atoms with Gasteiger partial charge < -0.3 is 9.64 Å². The summed E-state index contributed by atoms with van der Waals surface area (Å²) < 4.78 is 30.4. The molecule has 136 valence electrons. The average molecular weight is 423 g/mol. The molecule has 1 unspecified atom stereocenters. The number of likely N-dealkylation sites (N-methyl/N-ethyl adjacent to an activating group) is 1. The summed E-state index contributed by atoms with van der Waals surface area (Å²) in [6.07, 6.45) is 0. The molecule has 1 aliphatic rings. The van der Waals surface area contributed by atoms with Gasteiger partial charge in [-0.05, 0) is 54.8 Å². The molecular formula is C19H17BrF2N2O2. The van der Waals surface area contributed by atoms with Gasteiger partial charge in [0, 0.05) is 11.5 Å². The molecule has 0 radical (unpaired) electrons. The normalized spacial score (nSPS) is 19.9. The van der Waals surface area contributed by atoms with E-state index >= 15 is 0 Å². The van der Waals surface area contributed by atoms with Gasteiger partial charge in [-0.25, -0.2) is 4.99 Å². The van der Waals surface area contributed by atoms with Crippen molar-refractivity contribution < 1.29 is 18.3 Å². The number of rotatable bonds is 4. The minimum absolute atomic E-state index is 0.0765. The molecule has 26 heavy (non-hydrogen) atoms. The molecule has 0 bridgehead atoms. The van der Waals surface area contributed by atoms with Crippen molar-refractivity contribution in [2.45, 2.75) is 26.0 Å². The molecule has 0 saturated heterocycles. The van der Waals surface area contributed by atoms with E-state index in [0.29, 0.717) is 22.5 Å². The van der Waals surface area contributed by atoms with E-state index in [0.717, 1.165) is 4.47 Å². The van der Waals surface area contributed by atoms with Crippen LogP contribution in [0.3, 0.4) is 0 Å². The van der Waals surface area contributed by atoms with E-state index in [1.54, 1.807) is 33.0 Å². The summed E-state index contributed by atoms with van der Waals surface area (Å²) in [5.41, 5.74) is 0.551. The first-order valence-corrected chi connectivity index (χ1v) is 8.71. The summed E-state index contributed by atoms with van der Waals surface area (Å²) in [4.78, 5) is 19.3. The summed E-state index contributed by atoms with van der Waals surface area (Å²) >= 11 is 3.43. The number of amides is 1. The number of amidine groups is 1. The van der Waals surface area contributed by atoms with Crippen molar-refractivity contribution in [3.8, 4) is 5.75 Å². The zero-order chi connectivity index (χ0) is 19.1. The van der Waals surface area contributed by atoms with E-state index in [4.69, 9.17) is 0 Å². The van der Waals surface area contributed by atoms with Gasteiger partial charge >= 0.3 is 6.61 Å². The number of carbonyl (C=O) groups is 1. The zero-order valence-electron chi connectivity index (χ0n) is 14.5. The van der Waals surface area contributed by atoms with E-state index in [2.05, 4.69) is 25.7 Å². The summed E-state index contributed by atoms with van der Waals surface area (Å²) in [6, 6.07) is 12.1. The van der Waals surface area contributed by atoms with Crippen LogP contribution in [0.2, 0.25) is 0 Å². The van der Waals surface area contributed by atoms with E-state index in [1.807, 2.05) is 24.3 Å². The lowest BCUT2D eigenvalue weighted by Gasteiger charge is -2.27. The molecule has 7 heteroatoms. The number of hydrogen-bond acceptors (Lipinski definition) is 3. The monoisotopic (exact) mass is 422 g/mol. The standard InChI is InChI=1S/C19H17BrF2N2O2/c1-11-9-14(7-8-16(11)26-18(21)22)19(13-5-4-6-15(20)10-13)17(25)24(3)12(2)23-19/h4-10,18H,1-3H3. The van der Waals surface area contributed by atoms with Gasteiger partial charge in [-0.1, -0.05) is 34.1 Å². The first-order chi connectivity index (χ1) is 12.3. The molecule has 1 aliphatic heterocycles. The molecule has 2 aromatic rings. The molecule has 0 saturated carbocycles. The quantitative estimate of drug-likeness (QED) is 0.727. The Bertz CT molecular complexity index is 901. The molecule has 1 heterocycles. The summed E-state index contributed by atoms with van der Waals surface area (Å²) in [7, 11) is 1.67. The largest absolute Gasteiger partial charge is 0.435 e. The fourth-order valence-corrected chi connectivity index (χ4v) is 3.51. The molecular weight excluding hydrogens is 406 g/mol. The zero-order valence-corrected chi connectivity index (χ0v) is 16.0. The van der Waals surface area contributed by atoms with Crippen molar-refractivity contribution in [3.63, 3.8) is 0 Å². The van der Waals surface area contributed by atoms with Crippen LogP contribution in [0, 0.1) is 6.92 Å². The lowest BCUT2D eigenvalue weighted by molar-refractivity contribution is -0.129. The predicted octanol–water partition coefficient (Wildman–Crippen LogP) is 4.49. The maximum atomic E-state index is 13.2. The summed E-state index contributed by atoms with van der Waals surface area (Å²) in [6.45, 7) is 0.520. The predicted molar refractivity (Wildman–Crippen MR) is 98.6 cm³/mol. The van der Waals surface area contributed by atoms with Crippen LogP contribution in [-0.4, -0.2) is 30.3 Å². The highest BCUT2D eigenvalue weighted by Crippen LogP contribution is 2.41. The highest BCUT2D eigenvalue weighted by Gasteiger charge is 2.49. The number of aryl methyl sites for hydroxylation is 1. The summed E-state index contributed by atoms with van der Waals surface area (Å²) in [5, 5.41) is 0. The topological polar surface area (TPSA) is 41.9 Å². The molecule has 4 nitrogen and oxygen atoms in total. The fourth-order valence-electron chi connectivity index (χ4n) is 3.11. The van der Waals surface area contributed by atoms with E-state index < -0.39 is 12.2 Å². The molecule has 1 amide bonds. The number of carbonyl (C=O) groups excluding carboxylic acids is 1. The Labute approximate surface area is 158 Å². The molecule has 0 N–H and O–H groups in total. The number of nitrogens with zero attached hydrogens (tertiary/aromatic N) is 2. The lowest BCUT2D eigenvalue weighted by Crippen LogP contribution is -2.39. The van der Waals surface area contributed by atoms with Crippen LogP contribution in [0.1, 0.15) is 23.6 Å². The first kappa shape index (κ1) is 18.5. The van der Waals surface area contributed by atoms with Crippen LogP contribution in [0.5, 0.6) is 5.75 Å². The number of hydrogen-bond donors (Lipinski definition) is 0. The van der Waals surface area contributed by atoms with Crippen molar-refractivity contribution >= 4 is 27.7 Å². The lowest BCUT2D eigenvalue weighted by atomic mass is 9.82. The van der Waals surface area contributed by atoms with Gasteiger partial charge in [0.2, 0.25) is 0 Å². The second-order valence-corrected chi connectivity index (χ2v) is 7.02. The Kier molecular flexibility index (Phi) is 4.84. The maximum absolute atomic E-state index is 13.2. The van der Waals surface area contributed by atoms with Crippen LogP contribution in [0.25, 0.3) is 0 Å². The number of aliphatic imine (C=N–C) groups is 1. The van der Waals surface area contributed by atoms with Crippen molar-refractivity contribution in [1.29, 1.82) is 0 Å². The first-order valence-electron chi connectivity index (χ1n) is 7.92. The minimum atomic E-state index is -2.90. The van der Waals surface area contributed by atoms with Gasteiger partial charge in [0.05, 0.1) is 0 Å². The Morgan fingerprint density at radius 1 is 1.15 bits per heavy atom. The molecule has 2 aromatic carbocycles. The van der Waals surface area contributed by atoms with Crippen LogP contribution in [0.15, 0.2) is 51.9 Å². The molecule has 0 aliphatic carbocycles. The number of halogens is 3. The van der Waals surface area contributed by atoms with Gasteiger partial charge in [-0.3, -0.25) is 4.79 Å². The number of alkyl halides is 2. The Morgan fingerprint density at radius 2 is 1.85 bits per heavy atom. The van der Waals surface area contributed by atoms with E-state index in [9.17, 15) is 13.6 Å². The number of ether oxygens (including phenoxy) is 1. The Morgan fingerprint density at radius 3 is 2.38 bits per heavy atom. The van der Waals surface area contributed by atoms with Gasteiger partial charge in [-0.15, -0.1) is 0 Å². The van der Waals surface area contributed by atoms with Crippen molar-refractivity contribution in [2.75, 3.05) is 7.05 Å². The Balaban J connectivity index is 2.21. The average Bonchev–Trinajstić information content (AvgIpc) is 2.81. The van der Waals surface area contributed by atoms with E-state index in [-0.39, 0.29) is 11.7 Å². The highest BCUT2D eigenvalue weighted by molar-refractivity contribution is 9.10. The third-order valence-electron chi connectivity index (χ3n) is 4.48. The van der Waals surface area contributed by atoms with Crippen molar-refractivity contribution in [1.82, 2.24) is 4.90 Å². The number of benzene rings is 2. The van der Waals surface area contributed by atoms with Crippen molar-refractivity contribution in [2.24, 2.45) is 4.99 Å². The molecule has 3 rings (SSSR count). The van der Waals surface area contributed by atoms with Crippen molar-refractivity contribution in [3.05, 3.63) is 63.6 Å². The maximum Gasteiger partial charge on any atom is 0.387 e. The van der Waals surface area contributed by atoms with Crippen LogP contribution >= 0.6 is 15.9 Å². The van der Waals surface area contributed by atoms with Crippen LogP contribution in [-0.2, 0) is 10.3 Å². The SMILES string of the molecule is CC1=NC(c2cccc(Br)c2)(c2ccc(OC(F)F)c(C)c2)C(=O)N1C. The molecule has 1 atom stereocenters. The van der Waals surface area contributed by atoms with Gasteiger partial charge in [0.15, 0.2) is 5.54 Å². The minimum Gasteiger partial charge on any atom is -0.435 e. The molecule has 0 aromatic heterocycles. The van der Waals surface area contributed by atoms with Crippen LogP contribution in [0.4, 0.5) is 8.78 Å². The second-order valence-electron chi connectivity index (χ2n) is 6.10. The summed E-state index contributed by atoms with van der Waals surface area (Å²) in [5.74, 6) is 0.461. The molecule has 0 fully saturated rings. The third-order valence-corrected chi connectivity index (χ3v) is 4.97. The Hall–Kier alpha value is -2.28. The van der Waals surface area contributed by atoms with E-state index in [1.165, 1.54) is 11.0 Å². The smallest absolute Gasteiger partial charge is 0.387 e. The van der Waals surface area contributed by atoms with Gasteiger partial charge in [-0.2, -0.15) is 8.78 Å².